The molecule has 1 aliphatic heterocycles. The molecule has 1 saturated heterocycles. The first-order chi connectivity index (χ1) is 9.51. The smallest absolute Gasteiger partial charge is 0.255 e. The summed E-state index contributed by atoms with van der Waals surface area (Å²) in [5, 5.41) is -0.194. The fraction of sp³-hybridized carbons (Fsp3) is 0.438. The third-order valence-corrected chi connectivity index (χ3v) is 4.42. The number of alkyl halides is 1. The van der Waals surface area contributed by atoms with E-state index in [1.165, 1.54) is 0 Å². The van der Waals surface area contributed by atoms with Crippen LogP contribution in [-0.2, 0) is 16.1 Å². The maximum atomic E-state index is 12.2. The summed E-state index contributed by atoms with van der Waals surface area (Å²) in [6.45, 7) is 8.45. The van der Waals surface area contributed by atoms with Crippen LogP contribution in [0.15, 0.2) is 43.0 Å². The number of hydrogen-bond acceptors (Lipinski definition) is 2. The van der Waals surface area contributed by atoms with E-state index >= 15 is 0 Å². The Kier molecular flexibility index (Phi) is 4.51. The van der Waals surface area contributed by atoms with Crippen molar-refractivity contribution in [1.29, 1.82) is 0 Å². The molecule has 1 amide bonds. The molecular weight excluding hydrogens is 274 g/mol. The molecule has 0 aromatic heterocycles. The van der Waals surface area contributed by atoms with Gasteiger partial charge < -0.3 is 9.64 Å². The van der Waals surface area contributed by atoms with E-state index in [9.17, 15) is 4.79 Å². The van der Waals surface area contributed by atoms with Crippen LogP contribution in [0.2, 0.25) is 0 Å². The van der Waals surface area contributed by atoms with Crippen LogP contribution >= 0.6 is 11.6 Å². The van der Waals surface area contributed by atoms with E-state index < -0.39 is 11.6 Å². The van der Waals surface area contributed by atoms with Gasteiger partial charge in [0.25, 0.3) is 5.91 Å². The summed E-state index contributed by atoms with van der Waals surface area (Å²) in [6, 6.07) is 9.82. The highest BCUT2D eigenvalue weighted by Gasteiger charge is 2.59. The molecule has 1 heterocycles. The van der Waals surface area contributed by atoms with Crippen LogP contribution in [0.25, 0.3) is 0 Å². The highest BCUT2D eigenvalue weighted by atomic mass is 35.5. The second kappa shape index (κ2) is 5.98. The van der Waals surface area contributed by atoms with Crippen molar-refractivity contribution in [1.82, 2.24) is 4.90 Å². The predicted molar refractivity (Wildman–Crippen MR) is 80.6 cm³/mol. The lowest BCUT2D eigenvalue weighted by Gasteiger charge is -2.56. The van der Waals surface area contributed by atoms with Crippen molar-refractivity contribution in [2.24, 2.45) is 0 Å². The van der Waals surface area contributed by atoms with E-state index in [1.807, 2.05) is 44.2 Å². The van der Waals surface area contributed by atoms with Gasteiger partial charge in [0.2, 0.25) is 0 Å². The van der Waals surface area contributed by atoms with Gasteiger partial charge in [-0.2, -0.15) is 0 Å². The molecule has 1 aromatic carbocycles. The van der Waals surface area contributed by atoms with Crippen LogP contribution in [0, 0.1) is 0 Å². The molecule has 0 bridgehead atoms. The molecule has 3 atom stereocenters. The Balaban J connectivity index is 2.07. The van der Waals surface area contributed by atoms with Crippen LogP contribution in [-0.4, -0.2) is 34.4 Å². The highest BCUT2D eigenvalue weighted by molar-refractivity contribution is 6.22. The van der Waals surface area contributed by atoms with Crippen molar-refractivity contribution < 1.29 is 9.53 Å². The monoisotopic (exact) mass is 293 g/mol. The van der Waals surface area contributed by atoms with Crippen LogP contribution in [0.4, 0.5) is 0 Å². The summed E-state index contributed by atoms with van der Waals surface area (Å²) < 4.78 is 5.82. The Bertz CT molecular complexity index is 489. The Morgan fingerprint density at radius 2 is 2.15 bits per heavy atom. The molecule has 0 unspecified atom stereocenters. The van der Waals surface area contributed by atoms with E-state index in [2.05, 4.69) is 6.58 Å². The molecule has 0 saturated carbocycles. The van der Waals surface area contributed by atoms with Crippen molar-refractivity contribution >= 4 is 17.5 Å². The van der Waals surface area contributed by atoms with E-state index in [0.717, 1.165) is 5.56 Å². The van der Waals surface area contributed by atoms with Crippen molar-refractivity contribution in [3.05, 3.63) is 48.6 Å². The Morgan fingerprint density at radius 3 is 2.70 bits per heavy atom. The van der Waals surface area contributed by atoms with E-state index in [4.69, 9.17) is 16.3 Å². The number of likely N-dealkylation sites (tertiary alicyclic amines) is 1. The van der Waals surface area contributed by atoms with Crippen LogP contribution in [0.3, 0.4) is 0 Å². The average molecular weight is 294 g/mol. The van der Waals surface area contributed by atoms with E-state index in [0.29, 0.717) is 13.2 Å². The zero-order chi connectivity index (χ0) is 14.8. The SMILES string of the molecule is C=CCN1C(=O)[C@@H](OCc2ccccc2)[C@@]1(C)[C@H](C)Cl. The van der Waals surface area contributed by atoms with Gasteiger partial charge in [0.1, 0.15) is 0 Å². The molecule has 0 radical (unpaired) electrons. The third kappa shape index (κ3) is 2.48. The van der Waals surface area contributed by atoms with Crippen molar-refractivity contribution in [2.45, 2.75) is 37.5 Å². The van der Waals surface area contributed by atoms with Crippen LogP contribution in [0.5, 0.6) is 0 Å². The number of carbonyl (C=O) groups is 1. The molecule has 0 spiro atoms. The largest absolute Gasteiger partial charge is 0.361 e. The van der Waals surface area contributed by atoms with Gasteiger partial charge in [-0.1, -0.05) is 36.4 Å². The van der Waals surface area contributed by atoms with Gasteiger partial charge in [0.05, 0.1) is 17.5 Å². The summed E-state index contributed by atoms with van der Waals surface area (Å²) in [5.41, 5.74) is 0.564. The van der Waals surface area contributed by atoms with Crippen molar-refractivity contribution in [2.75, 3.05) is 6.54 Å². The van der Waals surface area contributed by atoms with Gasteiger partial charge in [0.15, 0.2) is 6.10 Å². The van der Waals surface area contributed by atoms with Crippen LogP contribution in [0.1, 0.15) is 19.4 Å². The number of ether oxygens (including phenoxy) is 1. The number of amides is 1. The lowest BCUT2D eigenvalue weighted by Crippen LogP contribution is -2.76. The summed E-state index contributed by atoms with van der Waals surface area (Å²) >= 11 is 6.28. The predicted octanol–water partition coefficient (Wildman–Crippen LogP) is 2.99. The Labute approximate surface area is 125 Å². The average Bonchev–Trinajstić information content (AvgIpc) is 2.45. The number of halogens is 1. The van der Waals surface area contributed by atoms with Crippen molar-refractivity contribution in [3.63, 3.8) is 0 Å². The van der Waals surface area contributed by atoms with E-state index in [1.54, 1.807) is 11.0 Å². The highest BCUT2D eigenvalue weighted by Crippen LogP contribution is 2.39. The number of rotatable bonds is 6. The third-order valence-electron chi connectivity index (χ3n) is 3.98. The first kappa shape index (κ1) is 15.1. The maximum Gasteiger partial charge on any atom is 0.255 e. The molecule has 1 fully saturated rings. The minimum Gasteiger partial charge on any atom is -0.361 e. The van der Waals surface area contributed by atoms with E-state index in [-0.39, 0.29) is 11.3 Å². The minimum atomic E-state index is -0.491. The van der Waals surface area contributed by atoms with Gasteiger partial charge in [-0.25, -0.2) is 0 Å². The van der Waals surface area contributed by atoms with Gasteiger partial charge in [-0.15, -0.1) is 18.2 Å². The summed E-state index contributed by atoms with van der Waals surface area (Å²) in [5.74, 6) is -0.0177. The maximum absolute atomic E-state index is 12.2. The summed E-state index contributed by atoms with van der Waals surface area (Å²) in [7, 11) is 0. The van der Waals surface area contributed by atoms with Gasteiger partial charge in [0, 0.05) is 6.54 Å². The Morgan fingerprint density at radius 1 is 1.50 bits per heavy atom. The standard InChI is InChI=1S/C16H20ClNO2/c1-4-10-18-15(19)14(16(18,3)12(2)17)20-11-13-8-6-5-7-9-13/h4-9,12,14H,1,10-11H2,2-3H3/t12-,14+,16+/m0/s1. The molecule has 2 rings (SSSR count). The first-order valence-corrected chi connectivity index (χ1v) is 7.17. The molecule has 0 N–H and O–H groups in total. The second-order valence-corrected chi connectivity index (χ2v) is 5.91. The topological polar surface area (TPSA) is 29.5 Å². The van der Waals surface area contributed by atoms with Gasteiger partial charge in [-0.05, 0) is 19.4 Å². The molecular formula is C16H20ClNO2. The zero-order valence-corrected chi connectivity index (χ0v) is 12.6. The second-order valence-electron chi connectivity index (χ2n) is 5.26. The molecule has 4 heteroatoms. The van der Waals surface area contributed by atoms with Gasteiger partial charge in [-0.3, -0.25) is 4.79 Å². The molecule has 0 aliphatic carbocycles. The Hall–Kier alpha value is -1.32. The van der Waals surface area contributed by atoms with Crippen molar-refractivity contribution in [3.8, 4) is 0 Å². The molecule has 108 valence electrons. The molecule has 1 aromatic rings. The number of benzene rings is 1. The first-order valence-electron chi connectivity index (χ1n) is 6.73. The zero-order valence-electron chi connectivity index (χ0n) is 11.9. The number of nitrogens with zero attached hydrogens (tertiary/aromatic N) is 1. The summed E-state index contributed by atoms with van der Waals surface area (Å²) in [6.07, 6.45) is 1.22. The molecule has 3 nitrogen and oxygen atoms in total. The van der Waals surface area contributed by atoms with Gasteiger partial charge >= 0.3 is 0 Å². The minimum absolute atomic E-state index is 0.0177. The summed E-state index contributed by atoms with van der Waals surface area (Å²) in [4.78, 5) is 13.9. The fourth-order valence-electron chi connectivity index (χ4n) is 2.54. The fourth-order valence-corrected chi connectivity index (χ4v) is 2.77. The number of carbonyl (C=O) groups excluding carboxylic acids is 1. The van der Waals surface area contributed by atoms with Crippen LogP contribution < -0.4 is 0 Å². The quantitative estimate of drug-likeness (QED) is 0.458. The molecule has 20 heavy (non-hydrogen) atoms. The molecule has 1 aliphatic rings. The lowest BCUT2D eigenvalue weighted by atomic mass is 9.79. The number of β-lactam (4-membered cyclic amide) rings is 1. The lowest BCUT2D eigenvalue weighted by molar-refractivity contribution is -0.192. The number of hydrogen-bond donors (Lipinski definition) is 0. The normalized spacial score (nSPS) is 27.1.